The first kappa shape index (κ1) is 17.7. The molecular weight excluding hydrogens is 338 g/mol. The lowest BCUT2D eigenvalue weighted by atomic mass is 9.91. The van der Waals surface area contributed by atoms with Gasteiger partial charge in [-0.05, 0) is 44.2 Å². The van der Waals surface area contributed by atoms with Gasteiger partial charge in [-0.2, -0.15) is 0 Å². The quantitative estimate of drug-likeness (QED) is 0.556. The van der Waals surface area contributed by atoms with Gasteiger partial charge in [-0.3, -0.25) is 5.41 Å². The number of para-hydroxylation sites is 1. The Hall–Kier alpha value is -2.67. The Balaban J connectivity index is 1.56. The lowest BCUT2D eigenvalue weighted by molar-refractivity contribution is 0.363. The van der Waals surface area contributed by atoms with E-state index in [1.165, 1.54) is 5.56 Å². The van der Waals surface area contributed by atoms with Gasteiger partial charge in [0.15, 0.2) is 11.7 Å². The number of hydrogen-bond donors (Lipinski definition) is 3. The minimum absolute atomic E-state index is 0.112. The van der Waals surface area contributed by atoms with Crippen LogP contribution < -0.4 is 21.3 Å². The molecule has 0 bridgehead atoms. The van der Waals surface area contributed by atoms with Crippen molar-refractivity contribution in [3.63, 3.8) is 0 Å². The highest BCUT2D eigenvalue weighted by Crippen LogP contribution is 2.29. The van der Waals surface area contributed by atoms with E-state index in [9.17, 15) is 0 Å². The fourth-order valence-corrected chi connectivity index (χ4v) is 3.87. The summed E-state index contributed by atoms with van der Waals surface area (Å²) in [6.45, 7) is 4.57. The van der Waals surface area contributed by atoms with E-state index in [4.69, 9.17) is 16.9 Å². The van der Waals surface area contributed by atoms with Gasteiger partial charge in [0.1, 0.15) is 11.5 Å². The van der Waals surface area contributed by atoms with E-state index in [0.29, 0.717) is 17.3 Å². The van der Waals surface area contributed by atoms with E-state index in [2.05, 4.69) is 33.9 Å². The molecule has 5 N–H and O–H groups in total. The van der Waals surface area contributed by atoms with E-state index in [0.717, 1.165) is 56.8 Å². The van der Waals surface area contributed by atoms with Crippen LogP contribution in [-0.2, 0) is 6.42 Å². The Morgan fingerprint density at radius 3 is 2.67 bits per heavy atom. The van der Waals surface area contributed by atoms with Crippen LogP contribution in [0.5, 0.6) is 0 Å². The minimum Gasteiger partial charge on any atom is -0.382 e. The highest BCUT2D eigenvalue weighted by Gasteiger charge is 2.28. The third-order valence-corrected chi connectivity index (χ3v) is 5.62. The van der Waals surface area contributed by atoms with Crippen molar-refractivity contribution in [1.82, 2.24) is 9.97 Å². The summed E-state index contributed by atoms with van der Waals surface area (Å²) in [6, 6.07) is 8.22. The third kappa shape index (κ3) is 3.47. The van der Waals surface area contributed by atoms with Crippen LogP contribution in [0.3, 0.4) is 0 Å². The van der Waals surface area contributed by atoms with E-state index in [-0.39, 0.29) is 5.54 Å². The van der Waals surface area contributed by atoms with Gasteiger partial charge in [0.05, 0.1) is 6.20 Å². The maximum absolute atomic E-state index is 8.68. The fraction of sp³-hybridized carbons (Fsp3) is 0.450. The molecule has 1 fully saturated rings. The number of rotatable bonds is 2. The van der Waals surface area contributed by atoms with Crippen LogP contribution in [-0.4, -0.2) is 41.0 Å². The minimum atomic E-state index is -0.112. The lowest BCUT2D eigenvalue weighted by Gasteiger charge is -2.37. The number of aromatic nitrogens is 2. The maximum Gasteiger partial charge on any atom is 0.155 e. The third-order valence-electron chi connectivity index (χ3n) is 5.62. The number of nitrogens with zero attached hydrogens (tertiary/aromatic N) is 4. The molecular formula is C20H27N7. The molecule has 7 heteroatoms. The molecule has 27 heavy (non-hydrogen) atoms. The van der Waals surface area contributed by atoms with Gasteiger partial charge in [0.25, 0.3) is 0 Å². The summed E-state index contributed by atoms with van der Waals surface area (Å²) in [6.07, 6.45) is 5.61. The van der Waals surface area contributed by atoms with Gasteiger partial charge in [0, 0.05) is 30.9 Å². The normalized spacial score (nSPS) is 18.9. The summed E-state index contributed by atoms with van der Waals surface area (Å²) in [4.78, 5) is 13.2. The molecule has 1 aromatic heterocycles. The van der Waals surface area contributed by atoms with Crippen LogP contribution in [0.4, 0.5) is 17.3 Å². The van der Waals surface area contributed by atoms with Gasteiger partial charge in [-0.1, -0.05) is 18.2 Å². The van der Waals surface area contributed by atoms with Crippen molar-refractivity contribution in [3.05, 3.63) is 41.7 Å². The molecule has 0 atom stereocenters. The number of nitrogens with one attached hydrogen (secondary N) is 1. The monoisotopic (exact) mass is 365 g/mol. The zero-order valence-corrected chi connectivity index (χ0v) is 15.8. The zero-order valence-electron chi connectivity index (χ0n) is 15.8. The van der Waals surface area contributed by atoms with Crippen LogP contribution >= 0.6 is 0 Å². The molecule has 4 rings (SSSR count). The van der Waals surface area contributed by atoms with E-state index < -0.39 is 0 Å². The Kier molecular flexibility index (Phi) is 4.47. The average Bonchev–Trinajstić information content (AvgIpc) is 2.67. The summed E-state index contributed by atoms with van der Waals surface area (Å²) >= 11 is 0. The predicted octanol–water partition coefficient (Wildman–Crippen LogP) is 2.15. The predicted molar refractivity (Wildman–Crippen MR) is 109 cm³/mol. The van der Waals surface area contributed by atoms with Crippen LogP contribution in [0.2, 0.25) is 0 Å². The summed E-state index contributed by atoms with van der Waals surface area (Å²) < 4.78 is 0. The molecule has 0 radical (unpaired) electrons. The standard InChI is InChI=1S/C20H27N7/c1-20(23)8-11-26(12-9-20)16-13-24-17(18(21)25-16)19(22)27-10-4-6-14-5-2-3-7-15(14)27/h2-3,5,7,13,22H,4,6,8-12,23H2,1H3,(H2,21,25). The number of nitrogens with two attached hydrogens (primary N) is 2. The van der Waals surface area contributed by atoms with Crippen molar-refractivity contribution >= 4 is 23.2 Å². The largest absolute Gasteiger partial charge is 0.382 e. The Morgan fingerprint density at radius 2 is 1.93 bits per heavy atom. The van der Waals surface area contributed by atoms with E-state index in [1.807, 2.05) is 17.0 Å². The van der Waals surface area contributed by atoms with Crippen molar-refractivity contribution in [2.75, 3.05) is 35.2 Å². The number of fused-ring (bicyclic) bond motifs is 1. The molecule has 2 aliphatic heterocycles. The van der Waals surface area contributed by atoms with Crippen molar-refractivity contribution < 1.29 is 0 Å². The summed E-state index contributed by atoms with van der Waals surface area (Å²) in [7, 11) is 0. The molecule has 0 spiro atoms. The molecule has 2 aromatic rings. The first-order valence-electron chi connectivity index (χ1n) is 9.55. The smallest absolute Gasteiger partial charge is 0.155 e. The number of anilines is 3. The molecule has 1 aromatic carbocycles. The number of hydrogen-bond acceptors (Lipinski definition) is 6. The lowest BCUT2D eigenvalue weighted by Crippen LogP contribution is -2.48. The summed E-state index contributed by atoms with van der Waals surface area (Å²) in [5.41, 5.74) is 15.1. The first-order valence-corrected chi connectivity index (χ1v) is 9.55. The van der Waals surface area contributed by atoms with Gasteiger partial charge in [-0.15, -0.1) is 0 Å². The number of nitrogen functional groups attached to an aromatic ring is 1. The highest BCUT2D eigenvalue weighted by atomic mass is 15.2. The molecule has 0 saturated carbocycles. The molecule has 7 nitrogen and oxygen atoms in total. The van der Waals surface area contributed by atoms with Crippen molar-refractivity contribution in [2.24, 2.45) is 5.73 Å². The molecule has 1 saturated heterocycles. The highest BCUT2D eigenvalue weighted by molar-refractivity contribution is 6.09. The van der Waals surface area contributed by atoms with Crippen LogP contribution in [0, 0.1) is 5.41 Å². The topological polar surface area (TPSA) is 108 Å². The van der Waals surface area contributed by atoms with Crippen molar-refractivity contribution in [1.29, 1.82) is 5.41 Å². The van der Waals surface area contributed by atoms with Crippen LogP contribution in [0.15, 0.2) is 30.5 Å². The molecule has 0 unspecified atom stereocenters. The second kappa shape index (κ2) is 6.81. The van der Waals surface area contributed by atoms with Gasteiger partial charge >= 0.3 is 0 Å². The molecule has 0 amide bonds. The van der Waals surface area contributed by atoms with Crippen LogP contribution in [0.25, 0.3) is 0 Å². The average molecular weight is 365 g/mol. The second-order valence-corrected chi connectivity index (χ2v) is 7.84. The number of benzene rings is 1. The van der Waals surface area contributed by atoms with Gasteiger partial charge in [-0.25, -0.2) is 9.97 Å². The summed E-state index contributed by atoms with van der Waals surface area (Å²) in [5, 5.41) is 8.68. The number of aryl methyl sites for hydroxylation is 1. The number of piperidine rings is 1. The molecule has 0 aliphatic carbocycles. The molecule has 3 heterocycles. The Bertz CT molecular complexity index is 851. The Morgan fingerprint density at radius 1 is 1.19 bits per heavy atom. The summed E-state index contributed by atoms with van der Waals surface area (Å²) in [5.74, 6) is 1.38. The molecule has 142 valence electrons. The van der Waals surface area contributed by atoms with Crippen LogP contribution in [0.1, 0.15) is 37.4 Å². The fourth-order valence-electron chi connectivity index (χ4n) is 3.87. The molecule has 2 aliphatic rings. The van der Waals surface area contributed by atoms with Gasteiger partial charge in [0.2, 0.25) is 0 Å². The number of amidine groups is 1. The Labute approximate surface area is 159 Å². The maximum atomic E-state index is 8.68. The van der Waals surface area contributed by atoms with Crippen molar-refractivity contribution in [2.45, 2.75) is 38.1 Å². The van der Waals surface area contributed by atoms with E-state index >= 15 is 0 Å². The van der Waals surface area contributed by atoms with Crippen molar-refractivity contribution in [3.8, 4) is 0 Å². The van der Waals surface area contributed by atoms with E-state index in [1.54, 1.807) is 6.20 Å². The van der Waals surface area contributed by atoms with Gasteiger partial charge < -0.3 is 21.3 Å². The first-order chi connectivity index (χ1) is 12.9. The second-order valence-electron chi connectivity index (χ2n) is 7.84. The SMILES string of the molecule is CC1(N)CCN(c2cnc(C(=N)N3CCCc4ccccc43)c(N)n2)CC1. The zero-order chi connectivity index (χ0) is 19.0.